The number of hydrogen-bond acceptors (Lipinski definition) is 2. The monoisotopic (exact) mass is 1160 g/mol. The van der Waals surface area contributed by atoms with Gasteiger partial charge in [-0.05, 0) is 128 Å². The predicted molar refractivity (Wildman–Crippen MR) is 343 cm³/mol. The van der Waals surface area contributed by atoms with Crippen molar-refractivity contribution in [1.29, 1.82) is 0 Å². The van der Waals surface area contributed by atoms with E-state index in [9.17, 15) is 0 Å². The number of fused-ring (bicyclic) bond motifs is 12. The highest BCUT2D eigenvalue weighted by Gasteiger charge is 2.20. The summed E-state index contributed by atoms with van der Waals surface area (Å²) in [7, 11) is 0. The van der Waals surface area contributed by atoms with Crippen LogP contribution in [0.2, 0.25) is 0 Å². The van der Waals surface area contributed by atoms with Crippen LogP contribution in [0.5, 0.6) is 0 Å². The van der Waals surface area contributed by atoms with Crippen molar-refractivity contribution in [1.82, 2.24) is 9.13 Å². The van der Waals surface area contributed by atoms with Gasteiger partial charge in [-0.3, -0.25) is 0 Å². The molecule has 6 heteroatoms. The van der Waals surface area contributed by atoms with Crippen LogP contribution in [0.1, 0.15) is 0 Å². The predicted octanol–water partition coefficient (Wildman–Crippen LogP) is 22.5. The second-order valence-corrected chi connectivity index (χ2v) is 24.2. The molecule has 78 heavy (non-hydrogen) atoms. The molecule has 0 bridgehead atoms. The molecule has 4 heterocycles. The van der Waals surface area contributed by atoms with Crippen LogP contribution in [-0.4, -0.2) is 9.13 Å². The number of nitrogens with zero attached hydrogens (tertiary/aromatic N) is 2. The summed E-state index contributed by atoms with van der Waals surface area (Å²) in [5.41, 5.74) is 18.9. The van der Waals surface area contributed by atoms with Crippen molar-refractivity contribution in [2.75, 3.05) is 0 Å². The van der Waals surface area contributed by atoms with Crippen LogP contribution < -0.4 is 0 Å². The lowest BCUT2D eigenvalue weighted by molar-refractivity contribution is 1.19. The maximum absolute atomic E-state index is 4.08. The second-order valence-electron chi connectivity index (χ2n) is 20.3. The zero-order chi connectivity index (χ0) is 51.6. The highest BCUT2D eigenvalue weighted by Crippen LogP contribution is 2.45. The fraction of sp³-hybridized carbons (Fsp3) is 0. The van der Waals surface area contributed by atoms with Crippen LogP contribution in [0.3, 0.4) is 0 Å². The molecule has 0 aliphatic heterocycles. The fourth-order valence-corrected chi connectivity index (χ4v) is 15.5. The summed E-state index contributed by atoms with van der Waals surface area (Å²) in [6.45, 7) is 0. The van der Waals surface area contributed by atoms with Crippen molar-refractivity contribution in [2.24, 2.45) is 0 Å². The molecule has 0 radical (unpaired) electrons. The zero-order valence-electron chi connectivity index (χ0n) is 41.7. The molecule has 0 spiro atoms. The van der Waals surface area contributed by atoms with Crippen molar-refractivity contribution in [2.45, 2.75) is 0 Å². The number of thiophene rings is 2. The standard InChI is InChI=1S/C72H42Br2N2S2/c73-52-10-7-9-47(37-52)43-19-23-46(24-20-43)50-29-34-57-58-35-30-51(41-68(58)76(67(57)40-50)65-16-8-14-62-60-13-3-6-18-70(60)78-72(62)65)54-32-27-48(38-63(54)74)44-21-25-45(26-22-44)49-28-33-56-55-11-1-4-15-64(55)75(66(56)39-49)53-31-36-61-59-12-2-5-17-69(59)77-71(61)42-53/h1-42H. The molecule has 0 unspecified atom stereocenters. The number of aromatic nitrogens is 2. The van der Waals surface area contributed by atoms with E-state index in [4.69, 9.17) is 0 Å². The van der Waals surface area contributed by atoms with E-state index < -0.39 is 0 Å². The van der Waals surface area contributed by atoms with Gasteiger partial charge in [0.1, 0.15) is 0 Å². The van der Waals surface area contributed by atoms with E-state index in [1.54, 1.807) is 0 Å². The Morgan fingerprint density at radius 2 is 0.731 bits per heavy atom. The number of para-hydroxylation sites is 1. The van der Waals surface area contributed by atoms with Gasteiger partial charge in [0, 0.05) is 71.8 Å². The summed E-state index contributed by atoms with van der Waals surface area (Å²) >= 11 is 11.5. The molecule has 0 aliphatic rings. The minimum absolute atomic E-state index is 1.05. The minimum atomic E-state index is 1.05. The summed E-state index contributed by atoms with van der Waals surface area (Å²) in [6, 6.07) is 94.3. The van der Waals surface area contributed by atoms with E-state index in [2.05, 4.69) is 296 Å². The molecule has 366 valence electrons. The second kappa shape index (κ2) is 18.1. The molecule has 16 rings (SSSR count). The van der Waals surface area contributed by atoms with Crippen LogP contribution in [0.25, 0.3) is 151 Å². The van der Waals surface area contributed by atoms with Crippen molar-refractivity contribution in [3.05, 3.63) is 264 Å². The van der Waals surface area contributed by atoms with Gasteiger partial charge in [0.2, 0.25) is 0 Å². The summed E-state index contributed by atoms with van der Waals surface area (Å²) in [4.78, 5) is 0. The zero-order valence-corrected chi connectivity index (χ0v) is 46.5. The van der Waals surface area contributed by atoms with Crippen LogP contribution in [0, 0.1) is 0 Å². The summed E-state index contributed by atoms with van der Waals surface area (Å²) in [5.74, 6) is 0. The van der Waals surface area contributed by atoms with E-state index in [1.165, 1.54) is 134 Å². The molecule has 16 aromatic rings. The molecule has 0 amide bonds. The van der Waals surface area contributed by atoms with Gasteiger partial charge >= 0.3 is 0 Å². The van der Waals surface area contributed by atoms with Crippen molar-refractivity contribution in [3.63, 3.8) is 0 Å². The Morgan fingerprint density at radius 3 is 1.38 bits per heavy atom. The number of benzene rings is 12. The average Bonchev–Trinajstić information content (AvgIpc) is 4.39. The summed E-state index contributed by atoms with van der Waals surface area (Å²) in [5, 5.41) is 10.2. The largest absolute Gasteiger partial charge is 0.309 e. The third-order valence-electron chi connectivity index (χ3n) is 15.9. The Bertz CT molecular complexity index is 5110. The Hall–Kier alpha value is -8.36. The molecular formula is C72H42Br2N2S2. The Labute approximate surface area is 474 Å². The van der Waals surface area contributed by atoms with Crippen LogP contribution in [-0.2, 0) is 0 Å². The molecule has 0 aliphatic carbocycles. The molecule has 0 saturated carbocycles. The van der Waals surface area contributed by atoms with E-state index in [1.807, 2.05) is 22.7 Å². The molecule has 0 saturated heterocycles. The lowest BCUT2D eigenvalue weighted by Gasteiger charge is -2.13. The Balaban J connectivity index is 0.760. The Kier molecular flexibility index (Phi) is 10.6. The third kappa shape index (κ3) is 7.39. The number of hydrogen-bond donors (Lipinski definition) is 0. The van der Waals surface area contributed by atoms with Crippen molar-refractivity contribution >= 4 is 138 Å². The van der Waals surface area contributed by atoms with Crippen LogP contribution in [0.4, 0.5) is 0 Å². The first-order chi connectivity index (χ1) is 38.5. The molecule has 0 atom stereocenters. The highest BCUT2D eigenvalue weighted by atomic mass is 79.9. The van der Waals surface area contributed by atoms with Crippen LogP contribution in [0.15, 0.2) is 264 Å². The van der Waals surface area contributed by atoms with Gasteiger partial charge in [-0.15, -0.1) is 22.7 Å². The molecule has 4 aromatic heterocycles. The lowest BCUT2D eigenvalue weighted by atomic mass is 9.97. The molecule has 12 aromatic carbocycles. The van der Waals surface area contributed by atoms with Gasteiger partial charge < -0.3 is 9.13 Å². The average molecular weight is 1160 g/mol. The van der Waals surface area contributed by atoms with Gasteiger partial charge in [0.05, 0.1) is 32.5 Å². The summed E-state index contributed by atoms with van der Waals surface area (Å²) < 4.78 is 12.3. The summed E-state index contributed by atoms with van der Waals surface area (Å²) in [6.07, 6.45) is 0. The molecule has 0 N–H and O–H groups in total. The fourth-order valence-electron chi connectivity index (χ4n) is 12.1. The lowest BCUT2D eigenvalue weighted by Crippen LogP contribution is -1.95. The number of rotatable bonds is 7. The van der Waals surface area contributed by atoms with Gasteiger partial charge in [-0.1, -0.05) is 214 Å². The minimum Gasteiger partial charge on any atom is -0.309 e. The maximum Gasteiger partial charge on any atom is 0.0640 e. The van der Waals surface area contributed by atoms with E-state index in [-0.39, 0.29) is 0 Å². The molecule has 0 fully saturated rings. The van der Waals surface area contributed by atoms with Gasteiger partial charge in [-0.2, -0.15) is 0 Å². The van der Waals surface area contributed by atoms with E-state index in [0.29, 0.717) is 0 Å². The topological polar surface area (TPSA) is 9.86 Å². The van der Waals surface area contributed by atoms with Crippen molar-refractivity contribution < 1.29 is 0 Å². The number of halogens is 2. The first kappa shape index (κ1) is 45.8. The van der Waals surface area contributed by atoms with E-state index in [0.717, 1.165) is 25.6 Å². The van der Waals surface area contributed by atoms with Gasteiger partial charge in [-0.25, -0.2) is 0 Å². The Morgan fingerprint density at radius 1 is 0.269 bits per heavy atom. The quantitative estimate of drug-likeness (QED) is 0.151. The molecular weight excluding hydrogens is 1120 g/mol. The first-order valence-corrected chi connectivity index (χ1v) is 29.4. The maximum atomic E-state index is 4.08. The van der Waals surface area contributed by atoms with E-state index >= 15 is 0 Å². The normalized spacial score (nSPS) is 12.0. The molecule has 2 nitrogen and oxygen atoms in total. The SMILES string of the molecule is Brc1cccc(-c2ccc(-c3ccc4c5ccc(-c6ccc(-c7ccc(-c8ccc9c%10ccccc%10n(-c%10ccc%11c(c%10)sc%10ccccc%10%11)c9c8)cc7)cc6Br)cc5n(-c5cccc6c5sc5ccccc56)c4c3)cc2)c1. The first-order valence-electron chi connectivity index (χ1n) is 26.2. The van der Waals surface area contributed by atoms with Gasteiger partial charge in [0.15, 0.2) is 0 Å². The van der Waals surface area contributed by atoms with Crippen molar-refractivity contribution in [3.8, 4) is 67.0 Å². The smallest absolute Gasteiger partial charge is 0.0640 e. The van der Waals surface area contributed by atoms with Crippen LogP contribution >= 0.6 is 54.5 Å². The highest BCUT2D eigenvalue weighted by molar-refractivity contribution is 9.10. The van der Waals surface area contributed by atoms with Gasteiger partial charge in [0.25, 0.3) is 0 Å². The third-order valence-corrected chi connectivity index (χ3v) is 19.4.